The van der Waals surface area contributed by atoms with Gasteiger partial charge in [0.05, 0.1) is 31.0 Å². The Balaban J connectivity index is 0.000000383. The van der Waals surface area contributed by atoms with Crippen LogP contribution in [0.4, 0.5) is 0 Å². The van der Waals surface area contributed by atoms with Crippen molar-refractivity contribution in [2.75, 3.05) is 14.2 Å². The number of pyridine rings is 1. The van der Waals surface area contributed by atoms with Crippen molar-refractivity contribution in [1.82, 2.24) is 9.88 Å². The fraction of sp³-hybridized carbons (Fsp3) is 0.310. The summed E-state index contributed by atoms with van der Waals surface area (Å²) in [5.74, 6) is 1.57. The van der Waals surface area contributed by atoms with Crippen LogP contribution in [0.3, 0.4) is 0 Å². The van der Waals surface area contributed by atoms with Crippen LogP contribution in [0.1, 0.15) is 44.0 Å². The molecule has 2 atom stereocenters. The van der Waals surface area contributed by atoms with E-state index in [1.54, 1.807) is 26.5 Å². The van der Waals surface area contributed by atoms with Gasteiger partial charge < -0.3 is 14.4 Å². The van der Waals surface area contributed by atoms with E-state index in [0.717, 1.165) is 34.9 Å². The molecule has 2 heterocycles. The van der Waals surface area contributed by atoms with Gasteiger partial charge in [0.25, 0.3) is 0 Å². The fourth-order valence-corrected chi connectivity index (χ4v) is 4.04. The third-order valence-electron chi connectivity index (χ3n) is 5.61. The SMILES string of the molecule is C=CC.COc1ccc(CN2C(=O)C(C)CCC2c2ccc(Cl)cn2)c(OC)c1.Clc1ccccc1. The molecule has 1 amide bonds. The third-order valence-corrected chi connectivity index (χ3v) is 6.09. The monoisotopic (exact) mass is 528 g/mol. The summed E-state index contributed by atoms with van der Waals surface area (Å²) in [6.45, 7) is 7.69. The number of amides is 1. The molecule has 0 bridgehead atoms. The molecule has 2 aromatic carbocycles. The normalized spacial score (nSPS) is 16.6. The molecule has 0 saturated carbocycles. The number of carbonyl (C=O) groups is 1. The van der Waals surface area contributed by atoms with Gasteiger partial charge in [0.1, 0.15) is 11.5 Å². The number of hydrogen-bond acceptors (Lipinski definition) is 4. The zero-order chi connectivity index (χ0) is 26.5. The highest BCUT2D eigenvalue weighted by Gasteiger charge is 2.35. The molecule has 1 aliphatic rings. The highest BCUT2D eigenvalue weighted by atomic mass is 35.5. The fourth-order valence-electron chi connectivity index (χ4n) is 3.78. The van der Waals surface area contributed by atoms with E-state index in [9.17, 15) is 4.79 Å². The number of benzene rings is 2. The Labute approximate surface area is 224 Å². The topological polar surface area (TPSA) is 51.7 Å². The second kappa shape index (κ2) is 15.2. The van der Waals surface area contributed by atoms with Crippen LogP contribution in [-0.2, 0) is 11.3 Å². The van der Waals surface area contributed by atoms with Gasteiger partial charge in [-0.1, -0.05) is 54.4 Å². The number of likely N-dealkylation sites (tertiary alicyclic amines) is 1. The molecule has 7 heteroatoms. The molecule has 5 nitrogen and oxygen atoms in total. The lowest BCUT2D eigenvalue weighted by Crippen LogP contribution is -2.42. The van der Waals surface area contributed by atoms with Gasteiger partial charge in [-0.15, -0.1) is 6.58 Å². The zero-order valence-corrected chi connectivity index (χ0v) is 22.8. The molecule has 36 heavy (non-hydrogen) atoms. The molecule has 192 valence electrons. The maximum Gasteiger partial charge on any atom is 0.226 e. The van der Waals surface area contributed by atoms with Gasteiger partial charge in [0.2, 0.25) is 5.91 Å². The van der Waals surface area contributed by atoms with E-state index in [2.05, 4.69) is 11.6 Å². The highest BCUT2D eigenvalue weighted by molar-refractivity contribution is 6.30. The minimum Gasteiger partial charge on any atom is -0.497 e. The maximum atomic E-state index is 12.9. The van der Waals surface area contributed by atoms with Crippen molar-refractivity contribution in [3.05, 3.63) is 101 Å². The quantitative estimate of drug-likeness (QED) is 0.317. The molecule has 0 aliphatic carbocycles. The summed E-state index contributed by atoms with van der Waals surface area (Å²) in [6.07, 6.45) is 5.11. The van der Waals surface area contributed by atoms with Crippen molar-refractivity contribution >= 4 is 29.1 Å². The third kappa shape index (κ3) is 8.58. The first-order valence-electron chi connectivity index (χ1n) is 11.7. The van der Waals surface area contributed by atoms with Gasteiger partial charge in [0.15, 0.2) is 0 Å². The van der Waals surface area contributed by atoms with Crippen LogP contribution in [0.25, 0.3) is 0 Å². The van der Waals surface area contributed by atoms with Crippen molar-refractivity contribution in [2.24, 2.45) is 5.92 Å². The van der Waals surface area contributed by atoms with E-state index in [4.69, 9.17) is 32.7 Å². The minimum atomic E-state index is -0.0669. The lowest BCUT2D eigenvalue weighted by molar-refractivity contribution is -0.142. The number of aromatic nitrogens is 1. The highest BCUT2D eigenvalue weighted by Crippen LogP contribution is 2.36. The van der Waals surface area contributed by atoms with Crippen molar-refractivity contribution in [3.63, 3.8) is 0 Å². The van der Waals surface area contributed by atoms with E-state index in [-0.39, 0.29) is 17.9 Å². The Bertz CT molecular complexity index is 1090. The Kier molecular flexibility index (Phi) is 12.3. The van der Waals surface area contributed by atoms with Gasteiger partial charge in [-0.25, -0.2) is 0 Å². The van der Waals surface area contributed by atoms with Crippen LogP contribution in [0.15, 0.2) is 79.5 Å². The summed E-state index contributed by atoms with van der Waals surface area (Å²) in [5.41, 5.74) is 1.80. The van der Waals surface area contributed by atoms with Crippen LogP contribution >= 0.6 is 23.2 Å². The minimum absolute atomic E-state index is 0.00259. The van der Waals surface area contributed by atoms with Crippen molar-refractivity contribution in [1.29, 1.82) is 0 Å². The van der Waals surface area contributed by atoms with E-state index in [1.165, 1.54) is 0 Å². The van der Waals surface area contributed by atoms with Crippen LogP contribution < -0.4 is 9.47 Å². The summed E-state index contributed by atoms with van der Waals surface area (Å²) in [6, 6.07) is 18.7. The predicted molar refractivity (Wildman–Crippen MR) is 148 cm³/mol. The summed E-state index contributed by atoms with van der Waals surface area (Å²) in [7, 11) is 3.24. The lowest BCUT2D eigenvalue weighted by atomic mass is 9.90. The number of ether oxygens (including phenoxy) is 2. The number of nitrogens with zero attached hydrogens (tertiary/aromatic N) is 2. The molecule has 1 saturated heterocycles. The average Bonchev–Trinajstić information content (AvgIpc) is 2.89. The maximum absolute atomic E-state index is 12.9. The van der Waals surface area contributed by atoms with E-state index >= 15 is 0 Å². The number of rotatable bonds is 5. The van der Waals surface area contributed by atoms with Crippen LogP contribution in [-0.4, -0.2) is 30.0 Å². The van der Waals surface area contributed by atoms with E-state index in [1.807, 2.05) is 79.4 Å². The standard InChI is InChI=1S/C20H23ClN2O3.C6H5Cl.C3H6/c1-13-4-9-18(17-8-6-15(21)11-22-17)23(20(13)24)12-14-5-7-16(25-2)10-19(14)26-3;7-6-4-2-1-3-5-6;1-3-2/h5-8,10-11,13,18H,4,9,12H2,1-3H3;1-5H;3H,1H2,2H3. The second-order valence-corrected chi connectivity index (χ2v) is 9.12. The molecule has 0 radical (unpaired) electrons. The molecule has 1 aliphatic heterocycles. The number of allylic oxidation sites excluding steroid dienone is 1. The van der Waals surface area contributed by atoms with Crippen LogP contribution in [0.5, 0.6) is 11.5 Å². The number of hydrogen-bond donors (Lipinski definition) is 0. The van der Waals surface area contributed by atoms with Crippen LogP contribution in [0.2, 0.25) is 10.0 Å². The number of carbonyl (C=O) groups excluding carboxylic acids is 1. The summed E-state index contributed by atoms with van der Waals surface area (Å²) in [5, 5.41) is 1.38. The Hall–Kier alpha value is -3.02. The lowest BCUT2D eigenvalue weighted by Gasteiger charge is -2.38. The smallest absolute Gasteiger partial charge is 0.226 e. The largest absolute Gasteiger partial charge is 0.497 e. The molecule has 1 aromatic heterocycles. The first kappa shape index (κ1) is 29.2. The summed E-state index contributed by atoms with van der Waals surface area (Å²) in [4.78, 5) is 19.3. The summed E-state index contributed by atoms with van der Waals surface area (Å²) < 4.78 is 10.8. The zero-order valence-electron chi connectivity index (χ0n) is 21.3. The Morgan fingerprint density at radius 2 is 1.72 bits per heavy atom. The van der Waals surface area contributed by atoms with Gasteiger partial charge in [-0.2, -0.15) is 0 Å². The van der Waals surface area contributed by atoms with Gasteiger partial charge in [-0.05, 0) is 56.2 Å². The molecule has 0 spiro atoms. The van der Waals surface area contributed by atoms with Crippen LogP contribution in [0, 0.1) is 5.92 Å². The number of methoxy groups -OCH3 is 2. The van der Waals surface area contributed by atoms with Crippen molar-refractivity contribution in [2.45, 2.75) is 39.3 Å². The Morgan fingerprint density at radius 3 is 2.25 bits per heavy atom. The van der Waals surface area contributed by atoms with Gasteiger partial charge in [-0.3, -0.25) is 9.78 Å². The molecular weight excluding hydrogens is 495 g/mol. The number of piperidine rings is 1. The van der Waals surface area contributed by atoms with Crippen molar-refractivity contribution < 1.29 is 14.3 Å². The predicted octanol–water partition coefficient (Wildman–Crippen LogP) is 7.78. The molecule has 4 rings (SSSR count). The molecular formula is C29H34Cl2N2O3. The Morgan fingerprint density at radius 1 is 1.03 bits per heavy atom. The molecule has 2 unspecified atom stereocenters. The summed E-state index contributed by atoms with van der Waals surface area (Å²) >= 11 is 11.5. The van der Waals surface area contributed by atoms with E-state index < -0.39 is 0 Å². The van der Waals surface area contributed by atoms with E-state index in [0.29, 0.717) is 17.3 Å². The van der Waals surface area contributed by atoms with Crippen molar-refractivity contribution in [3.8, 4) is 11.5 Å². The first-order valence-corrected chi connectivity index (χ1v) is 12.5. The van der Waals surface area contributed by atoms with Gasteiger partial charge in [0, 0.05) is 35.3 Å². The average molecular weight is 530 g/mol. The second-order valence-electron chi connectivity index (χ2n) is 8.24. The number of halogens is 2. The van der Waals surface area contributed by atoms with Gasteiger partial charge >= 0.3 is 0 Å². The molecule has 0 N–H and O–H groups in total. The first-order chi connectivity index (χ1) is 17.3. The molecule has 1 fully saturated rings. The molecule has 3 aromatic rings.